The third kappa shape index (κ3) is 7.06. The first kappa shape index (κ1) is 25.8. The molecule has 156 valence electrons. The van der Waals surface area contributed by atoms with E-state index in [9.17, 15) is 19.2 Å². The topological polar surface area (TPSA) is 129 Å². The highest BCUT2D eigenvalue weighted by molar-refractivity contribution is 6.07. The van der Waals surface area contributed by atoms with Crippen molar-refractivity contribution in [1.82, 2.24) is 5.32 Å². The molecule has 0 atom stereocenters. The lowest BCUT2D eigenvalue weighted by molar-refractivity contribution is -0.697. The maximum absolute atomic E-state index is 12.5. The summed E-state index contributed by atoms with van der Waals surface area (Å²) in [5, 5.41) is 2.41. The van der Waals surface area contributed by atoms with E-state index in [1.54, 1.807) is 42.9 Å². The Bertz CT molecular complexity index is 692. The van der Waals surface area contributed by atoms with E-state index in [4.69, 9.17) is 15.2 Å². The number of rotatable bonds is 10. The fraction of sp³-hybridized carbons (Fsp3) is 0.500. The summed E-state index contributed by atoms with van der Waals surface area (Å²) in [6, 6.07) is 3.25. The molecule has 0 saturated heterocycles. The summed E-state index contributed by atoms with van der Waals surface area (Å²) in [5.74, 6) is -2.85. The van der Waals surface area contributed by atoms with Crippen LogP contribution in [0, 0.1) is 0 Å². The molecule has 1 aromatic rings. The van der Waals surface area contributed by atoms with Gasteiger partial charge in [0, 0.05) is 19.4 Å². The smallest absolute Gasteiger partial charge is 0.343 e. The number of esters is 2. The molecule has 0 spiro atoms. The summed E-state index contributed by atoms with van der Waals surface area (Å²) in [5.41, 5.74) is 3.68. The molecule has 0 bridgehead atoms. The molecule has 28 heavy (non-hydrogen) atoms. The van der Waals surface area contributed by atoms with Crippen LogP contribution in [0.4, 0.5) is 0 Å². The minimum atomic E-state index is -1.92. The first-order valence-corrected chi connectivity index (χ1v) is 8.69. The Kier molecular flexibility index (Phi) is 11.3. The van der Waals surface area contributed by atoms with E-state index in [-0.39, 0.29) is 43.6 Å². The maximum atomic E-state index is 12.5. The van der Waals surface area contributed by atoms with Gasteiger partial charge in [-0.2, -0.15) is 0 Å². The highest BCUT2D eigenvalue weighted by atomic mass is 127. The molecule has 1 rings (SSSR count). The molecular weight excluding hydrogens is 481 g/mol. The predicted octanol–water partition coefficient (Wildman–Crippen LogP) is -3.14. The summed E-state index contributed by atoms with van der Waals surface area (Å²) in [4.78, 5) is 47.9. The van der Waals surface area contributed by atoms with Crippen molar-refractivity contribution in [3.05, 3.63) is 30.1 Å². The van der Waals surface area contributed by atoms with Gasteiger partial charge in [0.1, 0.15) is 12.1 Å². The number of aromatic nitrogens is 1. The molecule has 10 heteroatoms. The van der Waals surface area contributed by atoms with Crippen molar-refractivity contribution < 1.29 is 57.2 Å². The minimum absolute atomic E-state index is 0. The predicted molar refractivity (Wildman–Crippen MR) is 94.2 cm³/mol. The van der Waals surface area contributed by atoms with Crippen molar-refractivity contribution in [2.24, 2.45) is 5.73 Å². The highest BCUT2D eigenvalue weighted by Gasteiger charge is 2.49. The van der Waals surface area contributed by atoms with Gasteiger partial charge in [-0.15, -0.1) is 0 Å². The molecule has 1 aromatic heterocycles. The minimum Gasteiger partial charge on any atom is -1.00 e. The van der Waals surface area contributed by atoms with Gasteiger partial charge in [-0.3, -0.25) is 9.59 Å². The number of carbonyl (C=O) groups excluding carboxylic acids is 4. The fourth-order valence-corrected chi connectivity index (χ4v) is 2.59. The van der Waals surface area contributed by atoms with Crippen LogP contribution < -0.4 is 39.6 Å². The SMILES string of the molecule is CCOC(=O)C(CCC[n+]1cccc(C(N)=O)c1)(NC(C)=O)C(=O)OCC.[I-]. The molecule has 9 nitrogen and oxygen atoms in total. The van der Waals surface area contributed by atoms with Gasteiger partial charge in [-0.1, -0.05) is 0 Å². The number of primary amides is 1. The number of hydrogen-bond acceptors (Lipinski definition) is 6. The molecule has 0 aliphatic rings. The van der Waals surface area contributed by atoms with Gasteiger partial charge < -0.3 is 44.5 Å². The molecule has 1 heterocycles. The summed E-state index contributed by atoms with van der Waals surface area (Å²) in [6.45, 7) is 4.89. The maximum Gasteiger partial charge on any atom is 0.343 e. The highest BCUT2D eigenvalue weighted by Crippen LogP contribution is 2.19. The monoisotopic (exact) mass is 507 g/mol. The molecule has 0 aromatic carbocycles. The van der Waals surface area contributed by atoms with E-state index < -0.39 is 29.3 Å². The van der Waals surface area contributed by atoms with Crippen LogP contribution in [-0.4, -0.2) is 42.5 Å². The first-order chi connectivity index (χ1) is 12.8. The van der Waals surface area contributed by atoms with Crippen LogP contribution in [0.15, 0.2) is 24.5 Å². The Morgan fingerprint density at radius 2 is 1.71 bits per heavy atom. The van der Waals surface area contributed by atoms with Gasteiger partial charge in [0.05, 0.1) is 13.2 Å². The Morgan fingerprint density at radius 1 is 1.14 bits per heavy atom. The summed E-state index contributed by atoms with van der Waals surface area (Å²) in [7, 11) is 0. The van der Waals surface area contributed by atoms with Crippen LogP contribution in [0.3, 0.4) is 0 Å². The number of nitrogens with zero attached hydrogens (tertiary/aromatic N) is 1. The largest absolute Gasteiger partial charge is 1.00 e. The zero-order valence-corrected chi connectivity index (χ0v) is 18.4. The number of pyridine rings is 1. The fourth-order valence-electron chi connectivity index (χ4n) is 2.59. The van der Waals surface area contributed by atoms with Crippen molar-refractivity contribution in [1.29, 1.82) is 0 Å². The van der Waals surface area contributed by atoms with Crippen molar-refractivity contribution in [3.63, 3.8) is 0 Å². The number of carbonyl (C=O) groups is 4. The summed E-state index contributed by atoms with van der Waals surface area (Å²) >= 11 is 0. The quantitative estimate of drug-likeness (QED) is 0.149. The van der Waals surface area contributed by atoms with Gasteiger partial charge in [0.25, 0.3) is 5.91 Å². The standard InChI is InChI=1S/C18H25N3O6.HI/c1-4-26-16(24)18(20-13(3)22,17(25)27-5-2)9-7-11-21-10-6-8-14(12-21)15(19)23;/h6,8,10,12H,4-5,7,9,11H2,1-3H3,(H2-,19,20,22,23);1H. The normalized spacial score (nSPS) is 10.4. The molecule has 2 amide bonds. The Labute approximate surface area is 181 Å². The molecule has 0 fully saturated rings. The van der Waals surface area contributed by atoms with E-state index in [0.717, 1.165) is 0 Å². The number of hydrogen-bond donors (Lipinski definition) is 2. The zero-order chi connectivity index (χ0) is 20.4. The molecular formula is C18H26IN3O6. The van der Waals surface area contributed by atoms with Crippen molar-refractivity contribution >= 4 is 23.8 Å². The number of nitrogens with one attached hydrogen (secondary N) is 1. The van der Waals surface area contributed by atoms with Crippen molar-refractivity contribution in [2.45, 2.75) is 45.7 Å². The Balaban J connectivity index is 0.00000729. The van der Waals surface area contributed by atoms with Crippen LogP contribution in [-0.2, 0) is 30.4 Å². The van der Waals surface area contributed by atoms with Crippen LogP contribution in [0.1, 0.15) is 44.0 Å². The van der Waals surface area contributed by atoms with Gasteiger partial charge in [0.15, 0.2) is 12.4 Å². The lowest BCUT2D eigenvalue weighted by Crippen LogP contribution is -3.00. The summed E-state index contributed by atoms with van der Waals surface area (Å²) < 4.78 is 11.7. The van der Waals surface area contributed by atoms with E-state index in [1.807, 2.05) is 0 Å². The Morgan fingerprint density at radius 3 is 2.18 bits per heavy atom. The van der Waals surface area contributed by atoms with Crippen molar-refractivity contribution in [3.8, 4) is 0 Å². The lowest BCUT2D eigenvalue weighted by atomic mass is 9.92. The molecule has 0 unspecified atom stereocenters. The van der Waals surface area contributed by atoms with E-state index >= 15 is 0 Å². The molecule has 0 aliphatic heterocycles. The van der Waals surface area contributed by atoms with Crippen LogP contribution in [0.25, 0.3) is 0 Å². The van der Waals surface area contributed by atoms with Gasteiger partial charge in [0.2, 0.25) is 11.4 Å². The first-order valence-electron chi connectivity index (χ1n) is 8.69. The average Bonchev–Trinajstić information content (AvgIpc) is 2.61. The summed E-state index contributed by atoms with van der Waals surface area (Å²) in [6.07, 6.45) is 3.58. The van der Waals surface area contributed by atoms with Crippen LogP contribution in [0.5, 0.6) is 0 Å². The van der Waals surface area contributed by atoms with E-state index in [1.165, 1.54) is 6.92 Å². The van der Waals surface area contributed by atoms with E-state index in [0.29, 0.717) is 18.5 Å². The molecule has 0 saturated carbocycles. The van der Waals surface area contributed by atoms with Crippen LogP contribution in [0.2, 0.25) is 0 Å². The van der Waals surface area contributed by atoms with Crippen LogP contribution >= 0.6 is 0 Å². The molecule has 3 N–H and O–H groups in total. The second-order valence-corrected chi connectivity index (χ2v) is 5.83. The number of ether oxygens (including phenoxy) is 2. The van der Waals surface area contributed by atoms with Crippen molar-refractivity contribution in [2.75, 3.05) is 13.2 Å². The number of aryl methyl sites for hydroxylation is 1. The third-order valence-corrected chi connectivity index (χ3v) is 3.75. The number of nitrogens with two attached hydrogens (primary N) is 1. The average molecular weight is 507 g/mol. The molecule has 0 aliphatic carbocycles. The van der Waals surface area contributed by atoms with E-state index in [2.05, 4.69) is 5.32 Å². The number of amides is 2. The number of halogens is 1. The van der Waals surface area contributed by atoms with Gasteiger partial charge >= 0.3 is 11.9 Å². The second-order valence-electron chi connectivity index (χ2n) is 5.83. The third-order valence-electron chi connectivity index (χ3n) is 3.75. The van der Waals surface area contributed by atoms with Gasteiger partial charge in [-0.05, 0) is 26.3 Å². The zero-order valence-electron chi connectivity index (χ0n) is 16.2. The lowest BCUT2D eigenvalue weighted by Gasteiger charge is -2.29. The van der Waals surface area contributed by atoms with Gasteiger partial charge in [-0.25, -0.2) is 14.2 Å². The molecule has 0 radical (unpaired) electrons. The Hall–Kier alpha value is -2.24. The second kappa shape index (κ2) is 12.3.